The van der Waals surface area contributed by atoms with E-state index in [4.69, 9.17) is 16.3 Å². The number of hydrogen-bond donors (Lipinski definition) is 1. The van der Waals surface area contributed by atoms with Gasteiger partial charge in [0.15, 0.2) is 0 Å². The zero-order valence-corrected chi connectivity index (χ0v) is 18.6. The van der Waals surface area contributed by atoms with Gasteiger partial charge in [-0.2, -0.15) is 0 Å². The highest BCUT2D eigenvalue weighted by Crippen LogP contribution is 2.28. The summed E-state index contributed by atoms with van der Waals surface area (Å²) in [6.07, 6.45) is 4.80. The van der Waals surface area contributed by atoms with E-state index in [1.807, 2.05) is 13.0 Å². The van der Waals surface area contributed by atoms with Gasteiger partial charge in [0.25, 0.3) is 15.9 Å². The summed E-state index contributed by atoms with van der Waals surface area (Å²) in [5.74, 6) is 0.0455. The number of sulfonamides is 1. The van der Waals surface area contributed by atoms with Gasteiger partial charge < -0.3 is 4.74 Å². The Kier molecular flexibility index (Phi) is 6.34. The minimum atomic E-state index is -3.88. The van der Waals surface area contributed by atoms with Crippen LogP contribution in [-0.4, -0.2) is 23.4 Å². The molecule has 0 atom stereocenters. The van der Waals surface area contributed by atoms with E-state index >= 15 is 0 Å². The van der Waals surface area contributed by atoms with Crippen molar-refractivity contribution in [2.45, 2.75) is 18.4 Å². The molecule has 0 aliphatic carbocycles. The molecule has 0 saturated carbocycles. The highest BCUT2D eigenvalue weighted by atomic mass is 35.5. The summed E-state index contributed by atoms with van der Waals surface area (Å²) in [6, 6.07) is 17.2. The molecule has 2 heterocycles. The number of nitrogens with zero attached hydrogens (tertiary/aromatic N) is 3. The van der Waals surface area contributed by atoms with Gasteiger partial charge in [0.1, 0.15) is 6.61 Å². The van der Waals surface area contributed by atoms with Crippen molar-refractivity contribution in [1.82, 2.24) is 15.0 Å². The summed E-state index contributed by atoms with van der Waals surface area (Å²) in [6.45, 7) is 2.03. The van der Waals surface area contributed by atoms with Crippen LogP contribution in [0.3, 0.4) is 0 Å². The molecule has 0 unspecified atom stereocenters. The molecule has 1 N–H and O–H groups in total. The summed E-state index contributed by atoms with van der Waals surface area (Å²) in [5.41, 5.74) is 3.04. The molecule has 9 heteroatoms. The van der Waals surface area contributed by atoms with E-state index in [0.717, 1.165) is 16.7 Å². The van der Waals surface area contributed by atoms with Gasteiger partial charge in [0.2, 0.25) is 5.82 Å². The summed E-state index contributed by atoms with van der Waals surface area (Å²) in [5, 5.41) is 0.595. The van der Waals surface area contributed by atoms with Gasteiger partial charge in [-0.1, -0.05) is 47.5 Å². The van der Waals surface area contributed by atoms with Crippen molar-refractivity contribution in [2.75, 3.05) is 4.72 Å². The van der Waals surface area contributed by atoms with Crippen molar-refractivity contribution < 1.29 is 13.2 Å². The molecule has 0 spiro atoms. The van der Waals surface area contributed by atoms with Crippen LogP contribution in [0, 0.1) is 6.92 Å². The van der Waals surface area contributed by atoms with Gasteiger partial charge in [-0.3, -0.25) is 9.71 Å². The normalized spacial score (nSPS) is 11.2. The quantitative estimate of drug-likeness (QED) is 0.417. The molecule has 0 aliphatic heterocycles. The van der Waals surface area contributed by atoms with Crippen LogP contribution in [0.5, 0.6) is 5.88 Å². The molecule has 162 valence electrons. The second-order valence-corrected chi connectivity index (χ2v) is 9.10. The second-order valence-electron chi connectivity index (χ2n) is 6.98. The van der Waals surface area contributed by atoms with Crippen molar-refractivity contribution in [1.29, 1.82) is 0 Å². The van der Waals surface area contributed by atoms with Crippen LogP contribution in [0.1, 0.15) is 11.1 Å². The third kappa shape index (κ3) is 5.22. The first-order valence-electron chi connectivity index (χ1n) is 9.65. The van der Waals surface area contributed by atoms with Crippen LogP contribution in [-0.2, 0) is 16.6 Å². The van der Waals surface area contributed by atoms with Gasteiger partial charge >= 0.3 is 0 Å². The molecular formula is C23H19ClN4O3S. The van der Waals surface area contributed by atoms with Crippen LogP contribution in [0.25, 0.3) is 11.3 Å². The lowest BCUT2D eigenvalue weighted by molar-refractivity contribution is 0.294. The molecule has 0 radical (unpaired) electrons. The number of hydrogen-bond acceptors (Lipinski definition) is 6. The number of pyridine rings is 1. The van der Waals surface area contributed by atoms with Gasteiger partial charge in [0.05, 0.1) is 16.8 Å². The first-order valence-corrected chi connectivity index (χ1v) is 11.5. The Balaban J connectivity index is 1.68. The Labute approximate surface area is 191 Å². The lowest BCUT2D eigenvalue weighted by Gasteiger charge is -2.13. The number of ether oxygens (including phenoxy) is 1. The summed E-state index contributed by atoms with van der Waals surface area (Å²) in [7, 11) is -3.88. The third-order valence-corrected chi connectivity index (χ3v) is 6.15. The van der Waals surface area contributed by atoms with Crippen molar-refractivity contribution in [3.63, 3.8) is 0 Å². The van der Waals surface area contributed by atoms with E-state index in [2.05, 4.69) is 19.7 Å². The van der Waals surface area contributed by atoms with E-state index in [9.17, 15) is 8.42 Å². The molecule has 2 aromatic carbocycles. The average molecular weight is 467 g/mol. The molecule has 2 aromatic heterocycles. The number of aromatic nitrogens is 3. The molecule has 7 nitrogen and oxygen atoms in total. The monoisotopic (exact) mass is 466 g/mol. The maximum absolute atomic E-state index is 12.9. The zero-order valence-electron chi connectivity index (χ0n) is 17.1. The molecule has 0 bridgehead atoms. The lowest BCUT2D eigenvalue weighted by atomic mass is 10.2. The number of benzene rings is 2. The van der Waals surface area contributed by atoms with E-state index in [-0.39, 0.29) is 23.2 Å². The Hall–Kier alpha value is -3.49. The first kappa shape index (κ1) is 21.7. The van der Waals surface area contributed by atoms with Gasteiger partial charge in [0, 0.05) is 28.5 Å². The Morgan fingerprint density at radius 2 is 1.75 bits per heavy atom. The van der Waals surface area contributed by atoms with Gasteiger partial charge in [-0.15, -0.1) is 0 Å². The molecule has 0 fully saturated rings. The predicted molar refractivity (Wildman–Crippen MR) is 123 cm³/mol. The van der Waals surface area contributed by atoms with Crippen LogP contribution >= 0.6 is 11.6 Å². The van der Waals surface area contributed by atoms with E-state index < -0.39 is 10.0 Å². The fourth-order valence-electron chi connectivity index (χ4n) is 2.84. The van der Waals surface area contributed by atoms with Crippen molar-refractivity contribution in [3.05, 3.63) is 95.4 Å². The smallest absolute Gasteiger partial charge is 0.263 e. The maximum atomic E-state index is 12.9. The van der Waals surface area contributed by atoms with E-state index in [0.29, 0.717) is 10.7 Å². The van der Waals surface area contributed by atoms with E-state index in [1.54, 1.807) is 54.9 Å². The Morgan fingerprint density at radius 3 is 2.44 bits per heavy atom. The SMILES string of the molecule is Cc1ccc(S(=O)(=O)Nc2ncc(-c3ccc(Cl)cc3)nc2OCc2cccnc2)cc1. The van der Waals surface area contributed by atoms with Crippen LogP contribution in [0.15, 0.2) is 84.1 Å². The maximum Gasteiger partial charge on any atom is 0.263 e. The standard InChI is InChI=1S/C23H19ClN4O3S/c1-16-4-10-20(11-5-16)32(29,30)28-22-23(31-15-17-3-2-12-25-13-17)27-21(14-26-22)18-6-8-19(24)9-7-18/h2-14H,15H2,1H3,(H,26,28). The summed E-state index contributed by atoms with van der Waals surface area (Å²) in [4.78, 5) is 13.0. The number of anilines is 1. The highest BCUT2D eigenvalue weighted by molar-refractivity contribution is 7.92. The largest absolute Gasteiger partial charge is 0.470 e. The third-order valence-electron chi connectivity index (χ3n) is 4.54. The second kappa shape index (κ2) is 9.33. The zero-order chi connectivity index (χ0) is 22.6. The molecule has 4 rings (SSSR count). The van der Waals surface area contributed by atoms with Gasteiger partial charge in [-0.25, -0.2) is 18.4 Å². The van der Waals surface area contributed by atoms with Gasteiger partial charge in [-0.05, 0) is 37.3 Å². The molecule has 0 amide bonds. The van der Waals surface area contributed by atoms with Crippen molar-refractivity contribution >= 4 is 27.4 Å². The summed E-state index contributed by atoms with van der Waals surface area (Å²) < 4.78 is 34.1. The Bertz CT molecular complexity index is 1310. The van der Waals surface area contributed by atoms with Crippen LogP contribution < -0.4 is 9.46 Å². The fourth-order valence-corrected chi connectivity index (χ4v) is 3.97. The summed E-state index contributed by atoms with van der Waals surface area (Å²) >= 11 is 5.97. The highest BCUT2D eigenvalue weighted by Gasteiger charge is 2.19. The number of rotatable bonds is 7. The molecule has 4 aromatic rings. The number of halogens is 1. The first-order chi connectivity index (χ1) is 15.4. The minimum Gasteiger partial charge on any atom is -0.470 e. The molecule has 0 saturated heterocycles. The molecule has 0 aliphatic rings. The van der Waals surface area contributed by atoms with Crippen molar-refractivity contribution in [2.24, 2.45) is 0 Å². The number of aryl methyl sites for hydroxylation is 1. The molecule has 32 heavy (non-hydrogen) atoms. The van der Waals surface area contributed by atoms with Crippen molar-refractivity contribution in [3.8, 4) is 17.1 Å². The van der Waals surface area contributed by atoms with E-state index in [1.165, 1.54) is 18.3 Å². The minimum absolute atomic E-state index is 0.00724. The number of nitrogens with one attached hydrogen (secondary N) is 1. The topological polar surface area (TPSA) is 94.1 Å². The fraction of sp³-hybridized carbons (Fsp3) is 0.0870. The van der Waals surface area contributed by atoms with Crippen LogP contribution in [0.2, 0.25) is 5.02 Å². The Morgan fingerprint density at radius 1 is 1.00 bits per heavy atom. The average Bonchev–Trinajstić information content (AvgIpc) is 2.80. The lowest BCUT2D eigenvalue weighted by Crippen LogP contribution is -2.15. The van der Waals surface area contributed by atoms with Crippen LogP contribution in [0.4, 0.5) is 5.82 Å². The predicted octanol–water partition coefficient (Wildman–Crippen LogP) is 4.88. The molecular weight excluding hydrogens is 448 g/mol.